The van der Waals surface area contributed by atoms with Crippen molar-refractivity contribution in [1.82, 2.24) is 0 Å². The van der Waals surface area contributed by atoms with Crippen molar-refractivity contribution >= 4 is 11.6 Å². The first-order valence-corrected chi connectivity index (χ1v) is 8.85. The Morgan fingerprint density at radius 2 is 2.00 bits per heavy atom. The Morgan fingerprint density at radius 1 is 1.19 bits per heavy atom. The average Bonchev–Trinajstić information content (AvgIpc) is 2.74. The van der Waals surface area contributed by atoms with E-state index in [2.05, 4.69) is 26.0 Å². The highest BCUT2D eigenvalue weighted by atomic mass is 35.5. The lowest BCUT2D eigenvalue weighted by atomic mass is 9.55. The molecule has 0 spiro atoms. The molecule has 0 aliphatic heterocycles. The molecule has 0 aromatic heterocycles. The summed E-state index contributed by atoms with van der Waals surface area (Å²) in [6.45, 7) is 4.54. The fourth-order valence-corrected chi connectivity index (χ4v) is 6.11. The minimum Gasteiger partial charge on any atom is -0.393 e. The van der Waals surface area contributed by atoms with Crippen LogP contribution in [0.3, 0.4) is 0 Å². The Hall–Kier alpha value is -0.530. The summed E-state index contributed by atoms with van der Waals surface area (Å²) in [5.41, 5.74) is 4.63. The summed E-state index contributed by atoms with van der Waals surface area (Å²) < 4.78 is 0. The van der Waals surface area contributed by atoms with Crippen LogP contribution in [0.1, 0.15) is 61.6 Å². The molecular formula is C19H25ClO. The molecule has 21 heavy (non-hydrogen) atoms. The molecule has 2 saturated carbocycles. The number of halogens is 1. The van der Waals surface area contributed by atoms with Gasteiger partial charge >= 0.3 is 0 Å². The molecule has 2 heteroatoms. The molecule has 5 atom stereocenters. The van der Waals surface area contributed by atoms with Gasteiger partial charge in [-0.05, 0) is 97.4 Å². The van der Waals surface area contributed by atoms with E-state index >= 15 is 0 Å². The number of rotatable bonds is 0. The van der Waals surface area contributed by atoms with Gasteiger partial charge in [0.25, 0.3) is 0 Å². The molecule has 4 rings (SSSR count). The largest absolute Gasteiger partial charge is 0.393 e. The SMILES string of the molecule is Cc1cc(Cl)cc2c1CC[C@@H]1[C@@H]2CC[C@]2(C)[C@@H](O)CC[C@@H]12. The molecule has 0 unspecified atom stereocenters. The summed E-state index contributed by atoms with van der Waals surface area (Å²) in [6, 6.07) is 4.35. The molecular weight excluding hydrogens is 280 g/mol. The first kappa shape index (κ1) is 14.1. The second-order valence-electron chi connectivity index (χ2n) is 7.84. The van der Waals surface area contributed by atoms with Gasteiger partial charge < -0.3 is 5.11 Å². The van der Waals surface area contributed by atoms with E-state index in [9.17, 15) is 5.11 Å². The van der Waals surface area contributed by atoms with Crippen molar-refractivity contribution in [3.63, 3.8) is 0 Å². The Balaban J connectivity index is 1.75. The second kappa shape index (κ2) is 4.73. The third-order valence-electron chi connectivity index (χ3n) is 6.99. The lowest BCUT2D eigenvalue weighted by Crippen LogP contribution is -2.44. The summed E-state index contributed by atoms with van der Waals surface area (Å²) in [5, 5.41) is 11.3. The Labute approximate surface area is 132 Å². The van der Waals surface area contributed by atoms with Gasteiger partial charge in [0.1, 0.15) is 0 Å². The molecule has 1 N–H and O–H groups in total. The molecule has 0 amide bonds. The highest BCUT2D eigenvalue weighted by Gasteiger charge is 2.54. The number of benzene rings is 1. The van der Waals surface area contributed by atoms with E-state index in [0.29, 0.717) is 11.8 Å². The van der Waals surface area contributed by atoms with Crippen LogP contribution in [0.25, 0.3) is 0 Å². The van der Waals surface area contributed by atoms with Crippen LogP contribution in [-0.2, 0) is 6.42 Å². The van der Waals surface area contributed by atoms with E-state index in [0.717, 1.165) is 17.4 Å². The molecule has 2 fully saturated rings. The van der Waals surface area contributed by atoms with Crippen molar-refractivity contribution in [3.05, 3.63) is 33.8 Å². The quantitative estimate of drug-likeness (QED) is 0.725. The zero-order chi connectivity index (χ0) is 14.8. The Morgan fingerprint density at radius 3 is 2.81 bits per heavy atom. The van der Waals surface area contributed by atoms with Gasteiger partial charge in [0.2, 0.25) is 0 Å². The van der Waals surface area contributed by atoms with Crippen LogP contribution in [0, 0.1) is 24.2 Å². The predicted molar refractivity (Wildman–Crippen MR) is 86.8 cm³/mol. The number of aryl methyl sites for hydroxylation is 1. The fraction of sp³-hybridized carbons (Fsp3) is 0.684. The minimum absolute atomic E-state index is 0.0778. The van der Waals surface area contributed by atoms with Crippen LogP contribution < -0.4 is 0 Å². The van der Waals surface area contributed by atoms with Gasteiger partial charge in [0.15, 0.2) is 0 Å². The van der Waals surface area contributed by atoms with Crippen molar-refractivity contribution in [2.24, 2.45) is 17.3 Å². The van der Waals surface area contributed by atoms with E-state index in [1.807, 2.05) is 0 Å². The monoisotopic (exact) mass is 304 g/mol. The maximum Gasteiger partial charge on any atom is 0.0596 e. The van der Waals surface area contributed by atoms with E-state index in [-0.39, 0.29) is 11.5 Å². The highest BCUT2D eigenvalue weighted by molar-refractivity contribution is 6.30. The highest BCUT2D eigenvalue weighted by Crippen LogP contribution is 2.61. The van der Waals surface area contributed by atoms with Crippen LogP contribution in [0.5, 0.6) is 0 Å². The van der Waals surface area contributed by atoms with E-state index in [1.54, 1.807) is 5.56 Å². The van der Waals surface area contributed by atoms with Crippen LogP contribution in [0.15, 0.2) is 12.1 Å². The second-order valence-corrected chi connectivity index (χ2v) is 8.28. The van der Waals surface area contributed by atoms with Crippen molar-refractivity contribution in [3.8, 4) is 0 Å². The molecule has 3 aliphatic rings. The van der Waals surface area contributed by atoms with Gasteiger partial charge in [-0.2, -0.15) is 0 Å². The summed E-state index contributed by atoms with van der Waals surface area (Å²) in [7, 11) is 0. The predicted octanol–water partition coefficient (Wildman–Crippen LogP) is 4.87. The zero-order valence-electron chi connectivity index (χ0n) is 13.0. The minimum atomic E-state index is -0.0778. The molecule has 114 valence electrons. The molecule has 1 aromatic rings. The standard InChI is InChI=1S/C19H25ClO/c1-11-9-12(20)10-16-13(11)3-4-15-14(16)7-8-19(2)17(15)5-6-18(19)21/h9-10,14-15,17-18,21H,3-8H2,1-2H3/t14-,15+,17-,18-,19-/m0/s1. The van der Waals surface area contributed by atoms with Crippen molar-refractivity contribution < 1.29 is 5.11 Å². The van der Waals surface area contributed by atoms with Gasteiger partial charge in [0, 0.05) is 5.02 Å². The maximum atomic E-state index is 10.4. The van der Waals surface area contributed by atoms with Gasteiger partial charge in [-0.25, -0.2) is 0 Å². The van der Waals surface area contributed by atoms with Gasteiger partial charge in [-0.1, -0.05) is 18.5 Å². The number of hydrogen-bond acceptors (Lipinski definition) is 1. The summed E-state index contributed by atoms with van der Waals surface area (Å²) in [4.78, 5) is 0. The van der Waals surface area contributed by atoms with Crippen molar-refractivity contribution in [2.75, 3.05) is 0 Å². The smallest absolute Gasteiger partial charge is 0.0596 e. The van der Waals surface area contributed by atoms with Crippen molar-refractivity contribution in [2.45, 2.75) is 64.4 Å². The normalized spacial score (nSPS) is 41.3. The molecule has 3 aliphatic carbocycles. The molecule has 1 aromatic carbocycles. The number of aliphatic hydroxyl groups excluding tert-OH is 1. The first-order chi connectivity index (χ1) is 10.0. The lowest BCUT2D eigenvalue weighted by Gasteiger charge is -2.50. The lowest BCUT2D eigenvalue weighted by molar-refractivity contribution is -0.0226. The van der Waals surface area contributed by atoms with Crippen LogP contribution in [-0.4, -0.2) is 11.2 Å². The summed E-state index contributed by atoms with van der Waals surface area (Å²) in [5.74, 6) is 2.14. The third kappa shape index (κ3) is 1.93. The van der Waals surface area contributed by atoms with Gasteiger partial charge in [-0.3, -0.25) is 0 Å². The number of aliphatic hydroxyl groups is 1. The topological polar surface area (TPSA) is 20.2 Å². The first-order valence-electron chi connectivity index (χ1n) is 8.47. The maximum absolute atomic E-state index is 10.4. The van der Waals surface area contributed by atoms with Gasteiger partial charge in [-0.15, -0.1) is 0 Å². The zero-order valence-corrected chi connectivity index (χ0v) is 13.8. The molecule has 0 radical (unpaired) electrons. The third-order valence-corrected chi connectivity index (χ3v) is 7.20. The van der Waals surface area contributed by atoms with Crippen LogP contribution in [0.4, 0.5) is 0 Å². The Bertz CT molecular complexity index is 581. The van der Waals surface area contributed by atoms with E-state index in [1.165, 1.54) is 43.2 Å². The van der Waals surface area contributed by atoms with Gasteiger partial charge in [0.05, 0.1) is 6.10 Å². The Kier molecular flexibility index (Phi) is 3.17. The van der Waals surface area contributed by atoms with Crippen LogP contribution >= 0.6 is 11.6 Å². The molecule has 0 bridgehead atoms. The summed E-state index contributed by atoms with van der Waals surface area (Å²) >= 11 is 6.33. The number of hydrogen-bond donors (Lipinski definition) is 1. The summed E-state index contributed by atoms with van der Waals surface area (Å²) in [6.07, 6.45) is 7.03. The average molecular weight is 305 g/mol. The van der Waals surface area contributed by atoms with E-state index < -0.39 is 0 Å². The number of fused-ring (bicyclic) bond motifs is 5. The van der Waals surface area contributed by atoms with Crippen LogP contribution in [0.2, 0.25) is 5.02 Å². The fourth-order valence-electron chi connectivity index (χ4n) is 5.83. The molecule has 0 saturated heterocycles. The van der Waals surface area contributed by atoms with E-state index in [4.69, 9.17) is 11.6 Å². The molecule has 0 heterocycles. The van der Waals surface area contributed by atoms with Crippen molar-refractivity contribution in [1.29, 1.82) is 0 Å². The molecule has 1 nitrogen and oxygen atoms in total.